The molecule has 0 saturated carbocycles. The van der Waals surface area contributed by atoms with Crippen LogP contribution in [0.4, 0.5) is 4.39 Å². The molecule has 1 fully saturated rings. The summed E-state index contributed by atoms with van der Waals surface area (Å²) in [5, 5.41) is 3.52. The van der Waals surface area contributed by atoms with E-state index in [-0.39, 0.29) is 11.3 Å². The van der Waals surface area contributed by atoms with E-state index in [1.54, 1.807) is 0 Å². The normalized spacial score (nSPS) is 24.6. The topological polar surface area (TPSA) is 29.1 Å². The van der Waals surface area contributed by atoms with Crippen LogP contribution in [0.3, 0.4) is 0 Å². The highest BCUT2D eigenvalue weighted by Crippen LogP contribution is 2.27. The smallest absolute Gasteiger partial charge is 0.184 e. The lowest BCUT2D eigenvalue weighted by atomic mass is 9.84. The van der Waals surface area contributed by atoms with Gasteiger partial charge in [-0.1, -0.05) is 11.6 Å². The van der Waals surface area contributed by atoms with Gasteiger partial charge in [0.2, 0.25) is 0 Å². The van der Waals surface area contributed by atoms with Gasteiger partial charge in [0, 0.05) is 5.56 Å². The number of benzene rings is 1. The van der Waals surface area contributed by atoms with Crippen molar-refractivity contribution in [2.45, 2.75) is 31.7 Å². The van der Waals surface area contributed by atoms with Crippen molar-refractivity contribution in [1.82, 2.24) is 5.32 Å². The van der Waals surface area contributed by atoms with Gasteiger partial charge in [-0.3, -0.25) is 4.79 Å². The quantitative estimate of drug-likeness (QED) is 0.823. The Morgan fingerprint density at radius 2 is 2.24 bits per heavy atom. The van der Waals surface area contributed by atoms with Gasteiger partial charge in [-0.2, -0.15) is 0 Å². The molecule has 1 aliphatic heterocycles. The minimum Gasteiger partial charge on any atom is -0.305 e. The van der Waals surface area contributed by atoms with Crippen molar-refractivity contribution in [2.75, 3.05) is 6.54 Å². The second kappa shape index (κ2) is 4.75. The Balaban J connectivity index is 2.32. The number of ketones is 1. The van der Waals surface area contributed by atoms with E-state index in [9.17, 15) is 9.18 Å². The number of Topliss-reactive ketones (excluding diaryl/α,β-unsaturated/α-hetero) is 1. The molecule has 1 heterocycles. The van der Waals surface area contributed by atoms with Gasteiger partial charge >= 0.3 is 0 Å². The second-order valence-corrected chi connectivity index (χ2v) is 5.08. The van der Waals surface area contributed by atoms with E-state index in [1.807, 2.05) is 6.92 Å². The van der Waals surface area contributed by atoms with Gasteiger partial charge in [-0.25, -0.2) is 4.39 Å². The molecule has 1 aromatic rings. The summed E-state index contributed by atoms with van der Waals surface area (Å²) >= 11 is 5.96. The summed E-state index contributed by atoms with van der Waals surface area (Å²) in [6.07, 6.45) is 2.83. The first-order valence-electron chi connectivity index (χ1n) is 5.78. The number of piperidine rings is 1. The zero-order chi connectivity index (χ0) is 12.5. The zero-order valence-electron chi connectivity index (χ0n) is 9.72. The third-order valence-corrected chi connectivity index (χ3v) is 3.62. The van der Waals surface area contributed by atoms with Crippen LogP contribution in [0.2, 0.25) is 5.02 Å². The fourth-order valence-corrected chi connectivity index (χ4v) is 2.42. The summed E-state index contributed by atoms with van der Waals surface area (Å²) in [6, 6.07) is 3.90. The molecule has 17 heavy (non-hydrogen) atoms. The van der Waals surface area contributed by atoms with Crippen LogP contribution in [0.5, 0.6) is 0 Å². The van der Waals surface area contributed by atoms with Gasteiger partial charge < -0.3 is 5.32 Å². The van der Waals surface area contributed by atoms with Crippen molar-refractivity contribution in [3.8, 4) is 0 Å². The molecule has 92 valence electrons. The predicted molar refractivity (Wildman–Crippen MR) is 66.0 cm³/mol. The van der Waals surface area contributed by atoms with E-state index in [0.29, 0.717) is 5.02 Å². The molecule has 1 saturated heterocycles. The van der Waals surface area contributed by atoms with Crippen molar-refractivity contribution in [1.29, 1.82) is 0 Å². The minimum absolute atomic E-state index is 0.123. The minimum atomic E-state index is -0.615. The van der Waals surface area contributed by atoms with Crippen LogP contribution >= 0.6 is 11.6 Å². The van der Waals surface area contributed by atoms with E-state index in [4.69, 9.17) is 11.6 Å². The summed E-state index contributed by atoms with van der Waals surface area (Å²) in [7, 11) is 0. The van der Waals surface area contributed by atoms with Crippen LogP contribution in [-0.4, -0.2) is 17.9 Å². The number of nitrogens with one attached hydrogen (secondary N) is 1. The van der Waals surface area contributed by atoms with Gasteiger partial charge in [0.25, 0.3) is 0 Å². The molecule has 2 rings (SSSR count). The van der Waals surface area contributed by atoms with Crippen molar-refractivity contribution in [3.05, 3.63) is 34.6 Å². The molecule has 1 aromatic carbocycles. The Bertz CT molecular complexity index is 441. The van der Waals surface area contributed by atoms with Crippen LogP contribution in [0.25, 0.3) is 0 Å². The summed E-state index contributed by atoms with van der Waals surface area (Å²) in [5.74, 6) is -0.557. The number of rotatable bonds is 2. The monoisotopic (exact) mass is 255 g/mol. The molecule has 0 spiro atoms. The Morgan fingerprint density at radius 3 is 2.88 bits per heavy atom. The summed E-state index contributed by atoms with van der Waals surface area (Å²) in [6.45, 7) is 2.67. The Kier molecular flexibility index (Phi) is 3.50. The first kappa shape index (κ1) is 12.5. The summed E-state index contributed by atoms with van der Waals surface area (Å²) in [4.78, 5) is 12.4. The number of carbonyl (C=O) groups is 1. The fourth-order valence-electron chi connectivity index (χ4n) is 2.22. The number of carbonyl (C=O) groups excluding carboxylic acids is 1. The maximum atomic E-state index is 13.2. The molecule has 1 N–H and O–H groups in total. The number of hydrogen-bond acceptors (Lipinski definition) is 2. The Morgan fingerprint density at radius 1 is 1.47 bits per heavy atom. The third kappa shape index (κ3) is 2.50. The molecule has 1 atom stereocenters. The lowest BCUT2D eigenvalue weighted by Crippen LogP contribution is -2.52. The molecule has 0 bridgehead atoms. The molecule has 0 aliphatic carbocycles. The Labute approximate surface area is 105 Å². The van der Waals surface area contributed by atoms with Crippen LogP contribution in [0.1, 0.15) is 36.5 Å². The van der Waals surface area contributed by atoms with Crippen molar-refractivity contribution in [3.63, 3.8) is 0 Å². The average molecular weight is 256 g/mol. The van der Waals surface area contributed by atoms with E-state index < -0.39 is 11.4 Å². The van der Waals surface area contributed by atoms with Gasteiger partial charge in [0.15, 0.2) is 5.78 Å². The van der Waals surface area contributed by atoms with E-state index in [2.05, 4.69) is 5.32 Å². The maximum Gasteiger partial charge on any atom is 0.184 e. The van der Waals surface area contributed by atoms with Gasteiger partial charge in [-0.05, 0) is 50.9 Å². The average Bonchev–Trinajstić information content (AvgIpc) is 2.32. The molecule has 0 amide bonds. The molecule has 1 unspecified atom stereocenters. The highest BCUT2D eigenvalue weighted by atomic mass is 35.5. The fraction of sp³-hybridized carbons (Fsp3) is 0.462. The molecule has 4 heteroatoms. The van der Waals surface area contributed by atoms with Crippen LogP contribution < -0.4 is 5.32 Å². The molecule has 0 aromatic heterocycles. The first-order chi connectivity index (χ1) is 8.03. The third-order valence-electron chi connectivity index (χ3n) is 3.29. The molecular formula is C13H15ClFNO. The molecular weight excluding hydrogens is 241 g/mol. The van der Waals surface area contributed by atoms with Crippen molar-refractivity contribution < 1.29 is 9.18 Å². The zero-order valence-corrected chi connectivity index (χ0v) is 10.5. The SMILES string of the molecule is CC1(C(=O)c2cc(F)ccc2Cl)CCCCN1. The summed E-state index contributed by atoms with van der Waals surface area (Å²) in [5.41, 5.74) is -0.348. The second-order valence-electron chi connectivity index (χ2n) is 4.67. The lowest BCUT2D eigenvalue weighted by Gasteiger charge is -2.33. The molecule has 1 aliphatic rings. The maximum absolute atomic E-state index is 13.2. The van der Waals surface area contributed by atoms with Crippen LogP contribution in [-0.2, 0) is 0 Å². The van der Waals surface area contributed by atoms with Gasteiger partial charge in [0.1, 0.15) is 5.82 Å². The van der Waals surface area contributed by atoms with E-state index in [0.717, 1.165) is 25.8 Å². The highest BCUT2D eigenvalue weighted by Gasteiger charge is 2.35. The van der Waals surface area contributed by atoms with Gasteiger partial charge in [-0.15, -0.1) is 0 Å². The molecule has 0 radical (unpaired) electrons. The Hall–Kier alpha value is -0.930. The molecule has 2 nitrogen and oxygen atoms in total. The number of hydrogen-bond donors (Lipinski definition) is 1. The lowest BCUT2D eigenvalue weighted by molar-refractivity contribution is 0.0834. The first-order valence-corrected chi connectivity index (χ1v) is 6.16. The van der Waals surface area contributed by atoms with Crippen LogP contribution in [0.15, 0.2) is 18.2 Å². The predicted octanol–water partition coefficient (Wildman–Crippen LogP) is 3.19. The van der Waals surface area contributed by atoms with E-state index >= 15 is 0 Å². The van der Waals surface area contributed by atoms with Crippen molar-refractivity contribution in [2.24, 2.45) is 0 Å². The van der Waals surface area contributed by atoms with E-state index in [1.165, 1.54) is 18.2 Å². The van der Waals surface area contributed by atoms with Gasteiger partial charge in [0.05, 0.1) is 10.6 Å². The van der Waals surface area contributed by atoms with Crippen molar-refractivity contribution >= 4 is 17.4 Å². The summed E-state index contributed by atoms with van der Waals surface area (Å²) < 4.78 is 13.2. The number of halogens is 2. The largest absolute Gasteiger partial charge is 0.305 e. The highest BCUT2D eigenvalue weighted by molar-refractivity contribution is 6.34. The van der Waals surface area contributed by atoms with Crippen LogP contribution in [0, 0.1) is 5.82 Å². The standard InChI is InChI=1S/C13H15ClFNO/c1-13(6-2-3-7-16-13)12(17)10-8-9(15)4-5-11(10)14/h4-5,8,16H,2-3,6-7H2,1H3.